The van der Waals surface area contributed by atoms with Crippen LogP contribution in [-0.4, -0.2) is 25.2 Å². The summed E-state index contributed by atoms with van der Waals surface area (Å²) < 4.78 is 11.2. The Kier molecular flexibility index (Phi) is 7.52. The van der Waals surface area contributed by atoms with Crippen molar-refractivity contribution in [2.75, 3.05) is 13.2 Å². The molecule has 0 aromatic rings. The Morgan fingerprint density at radius 1 is 0.800 bits per heavy atom. The zero-order chi connectivity index (χ0) is 18.4. The van der Waals surface area contributed by atoms with Crippen LogP contribution in [0.25, 0.3) is 0 Å². The molecule has 2 rings (SSSR count). The molecule has 2 aliphatic rings. The standard InChI is InChI=1S/C21H34O4/c1-5-14(6-2)12-24-20(22)18-16-9-10-17(11-16)19(18)21(23)25-13-15(7-3)8-4/h9-10,14-19H,5-8,11-13H2,1-4H3. The number of hydrogen-bond acceptors (Lipinski definition) is 4. The third-order valence-electron chi connectivity index (χ3n) is 6.24. The Morgan fingerprint density at radius 3 is 1.48 bits per heavy atom. The quantitative estimate of drug-likeness (QED) is 0.433. The minimum atomic E-state index is -0.362. The van der Waals surface area contributed by atoms with Crippen molar-refractivity contribution < 1.29 is 19.1 Å². The third kappa shape index (κ3) is 4.65. The van der Waals surface area contributed by atoms with E-state index in [-0.39, 0.29) is 35.6 Å². The molecule has 4 heteroatoms. The first-order chi connectivity index (χ1) is 12.0. The van der Waals surface area contributed by atoms with Crippen molar-refractivity contribution in [3.05, 3.63) is 12.2 Å². The Balaban J connectivity index is 1.97. The van der Waals surface area contributed by atoms with Crippen LogP contribution in [0.3, 0.4) is 0 Å². The van der Waals surface area contributed by atoms with Crippen molar-refractivity contribution >= 4 is 11.9 Å². The van der Waals surface area contributed by atoms with Crippen LogP contribution in [0.5, 0.6) is 0 Å². The monoisotopic (exact) mass is 350 g/mol. The molecule has 0 heterocycles. The number of esters is 2. The molecule has 142 valence electrons. The first kappa shape index (κ1) is 20.0. The number of ether oxygens (including phenoxy) is 2. The second kappa shape index (κ2) is 9.40. The van der Waals surface area contributed by atoms with Gasteiger partial charge in [-0.05, 0) is 30.1 Å². The molecule has 1 fully saturated rings. The van der Waals surface area contributed by atoms with E-state index in [4.69, 9.17) is 9.47 Å². The molecule has 4 unspecified atom stereocenters. The lowest BCUT2D eigenvalue weighted by Crippen LogP contribution is -2.36. The lowest BCUT2D eigenvalue weighted by Gasteiger charge is -2.26. The Hall–Kier alpha value is -1.32. The first-order valence-electron chi connectivity index (χ1n) is 10.1. The molecule has 0 aromatic heterocycles. The highest BCUT2D eigenvalue weighted by molar-refractivity contribution is 5.84. The smallest absolute Gasteiger partial charge is 0.310 e. The topological polar surface area (TPSA) is 52.6 Å². The van der Waals surface area contributed by atoms with Crippen molar-refractivity contribution in [3.8, 4) is 0 Å². The molecule has 4 nitrogen and oxygen atoms in total. The Labute approximate surface area is 152 Å². The summed E-state index contributed by atoms with van der Waals surface area (Å²) in [6, 6.07) is 0. The maximum atomic E-state index is 12.7. The number of allylic oxidation sites excluding steroid dienone is 2. The summed E-state index contributed by atoms with van der Waals surface area (Å²) in [6.45, 7) is 9.36. The van der Waals surface area contributed by atoms with Crippen LogP contribution in [0.15, 0.2) is 12.2 Å². The summed E-state index contributed by atoms with van der Waals surface area (Å²) in [4.78, 5) is 25.3. The van der Waals surface area contributed by atoms with Gasteiger partial charge in [-0.3, -0.25) is 9.59 Å². The van der Waals surface area contributed by atoms with Crippen molar-refractivity contribution in [2.45, 2.75) is 59.8 Å². The van der Waals surface area contributed by atoms with Crippen LogP contribution in [0.4, 0.5) is 0 Å². The van der Waals surface area contributed by atoms with E-state index in [1.807, 2.05) is 0 Å². The van der Waals surface area contributed by atoms with Gasteiger partial charge in [0.2, 0.25) is 0 Å². The Bertz CT molecular complexity index is 434. The van der Waals surface area contributed by atoms with E-state index in [1.54, 1.807) is 0 Å². The zero-order valence-electron chi connectivity index (χ0n) is 16.2. The summed E-state index contributed by atoms with van der Waals surface area (Å²) in [5.74, 6) is -0.0925. The van der Waals surface area contributed by atoms with Crippen molar-refractivity contribution in [3.63, 3.8) is 0 Å². The van der Waals surface area contributed by atoms with Gasteiger partial charge in [0.1, 0.15) is 0 Å². The van der Waals surface area contributed by atoms with Crippen LogP contribution < -0.4 is 0 Å². The fourth-order valence-electron chi connectivity index (χ4n) is 4.11. The highest BCUT2D eigenvalue weighted by Gasteiger charge is 2.53. The maximum Gasteiger partial charge on any atom is 0.310 e. The highest BCUT2D eigenvalue weighted by Crippen LogP contribution is 2.49. The molecule has 4 atom stereocenters. The normalized spacial score (nSPS) is 27.3. The molecule has 0 spiro atoms. The van der Waals surface area contributed by atoms with E-state index in [0.717, 1.165) is 32.1 Å². The first-order valence-corrected chi connectivity index (χ1v) is 10.1. The number of hydrogen-bond donors (Lipinski definition) is 0. The molecule has 25 heavy (non-hydrogen) atoms. The highest BCUT2D eigenvalue weighted by atomic mass is 16.5. The van der Waals surface area contributed by atoms with Crippen molar-refractivity contribution in [2.24, 2.45) is 35.5 Å². The van der Waals surface area contributed by atoms with Crippen LogP contribution in [0.2, 0.25) is 0 Å². The molecule has 2 bridgehead atoms. The average molecular weight is 350 g/mol. The van der Waals surface area contributed by atoms with Crippen LogP contribution >= 0.6 is 0 Å². The maximum absolute atomic E-state index is 12.7. The molecule has 0 saturated heterocycles. The van der Waals surface area contributed by atoms with E-state index in [9.17, 15) is 9.59 Å². The molecule has 0 amide bonds. The van der Waals surface area contributed by atoms with Crippen LogP contribution in [0, 0.1) is 35.5 Å². The molecule has 1 saturated carbocycles. The van der Waals surface area contributed by atoms with Crippen molar-refractivity contribution in [1.29, 1.82) is 0 Å². The summed E-state index contributed by atoms with van der Waals surface area (Å²) in [5.41, 5.74) is 0. The zero-order valence-corrected chi connectivity index (χ0v) is 16.2. The summed E-state index contributed by atoms with van der Waals surface area (Å²) in [6.07, 6.45) is 9.04. The number of fused-ring (bicyclic) bond motifs is 2. The van der Waals surface area contributed by atoms with E-state index in [2.05, 4.69) is 39.8 Å². The predicted molar refractivity (Wildman–Crippen MR) is 97.8 cm³/mol. The van der Waals surface area contributed by atoms with E-state index >= 15 is 0 Å². The van der Waals surface area contributed by atoms with Gasteiger partial charge in [0, 0.05) is 0 Å². The minimum absolute atomic E-state index is 0.130. The number of carbonyl (C=O) groups excluding carboxylic acids is 2. The second-order valence-electron chi connectivity index (χ2n) is 7.63. The van der Waals surface area contributed by atoms with Crippen LogP contribution in [0.1, 0.15) is 59.8 Å². The number of rotatable bonds is 10. The van der Waals surface area contributed by atoms with E-state index in [1.165, 1.54) is 0 Å². The van der Waals surface area contributed by atoms with Gasteiger partial charge in [-0.2, -0.15) is 0 Å². The van der Waals surface area contributed by atoms with Gasteiger partial charge in [-0.15, -0.1) is 0 Å². The van der Waals surface area contributed by atoms with Gasteiger partial charge in [0.05, 0.1) is 25.0 Å². The van der Waals surface area contributed by atoms with Crippen molar-refractivity contribution in [1.82, 2.24) is 0 Å². The summed E-state index contributed by atoms with van der Waals surface area (Å²) in [7, 11) is 0. The van der Waals surface area contributed by atoms with Gasteiger partial charge < -0.3 is 9.47 Å². The third-order valence-corrected chi connectivity index (χ3v) is 6.24. The minimum Gasteiger partial charge on any atom is -0.465 e. The number of carbonyl (C=O) groups is 2. The molecular weight excluding hydrogens is 316 g/mol. The fraction of sp³-hybridized carbons (Fsp3) is 0.810. The largest absolute Gasteiger partial charge is 0.465 e. The van der Waals surface area contributed by atoms with E-state index < -0.39 is 0 Å². The Morgan fingerprint density at radius 2 is 1.16 bits per heavy atom. The molecule has 0 N–H and O–H groups in total. The molecule has 0 aliphatic heterocycles. The molecule has 0 aromatic carbocycles. The lowest BCUT2D eigenvalue weighted by molar-refractivity contribution is -0.163. The van der Waals surface area contributed by atoms with Gasteiger partial charge in [0.25, 0.3) is 0 Å². The SMILES string of the molecule is CCC(CC)COC(=O)C1C2C=CC(C2)C1C(=O)OCC(CC)CC. The molecular formula is C21H34O4. The van der Waals surface area contributed by atoms with Gasteiger partial charge in [-0.1, -0.05) is 65.5 Å². The molecule has 0 radical (unpaired) electrons. The summed E-state index contributed by atoms with van der Waals surface area (Å²) in [5, 5.41) is 0. The summed E-state index contributed by atoms with van der Waals surface area (Å²) >= 11 is 0. The predicted octanol–water partition coefficient (Wildman–Crippen LogP) is 4.38. The average Bonchev–Trinajstić information content (AvgIpc) is 3.24. The van der Waals surface area contributed by atoms with Crippen LogP contribution in [-0.2, 0) is 19.1 Å². The van der Waals surface area contributed by atoms with Gasteiger partial charge in [-0.25, -0.2) is 0 Å². The van der Waals surface area contributed by atoms with Gasteiger partial charge >= 0.3 is 11.9 Å². The van der Waals surface area contributed by atoms with E-state index in [0.29, 0.717) is 25.0 Å². The molecule has 2 aliphatic carbocycles. The lowest BCUT2D eigenvalue weighted by atomic mass is 9.83. The second-order valence-corrected chi connectivity index (χ2v) is 7.63. The fourth-order valence-corrected chi connectivity index (χ4v) is 4.11. The van der Waals surface area contributed by atoms with Gasteiger partial charge in [0.15, 0.2) is 0 Å².